The number of aryl methyl sites for hydroxylation is 6. The maximum absolute atomic E-state index is 11.6. The Labute approximate surface area is 843 Å². The number of ether oxygens (including phenoxy) is 4. The molecular weight excluding hydrogens is 1830 g/mol. The van der Waals surface area contributed by atoms with Crippen molar-refractivity contribution in [3.8, 4) is 0 Å². The van der Waals surface area contributed by atoms with Crippen molar-refractivity contribution in [2.45, 2.75) is 127 Å². The third-order valence-electron chi connectivity index (χ3n) is 19.2. The number of carbonyl (C=O) groups is 10. The summed E-state index contributed by atoms with van der Waals surface area (Å²) in [6, 6.07) is 84.9. The molecule has 1 amide bonds. The Morgan fingerprint density at radius 3 is 1.02 bits per heavy atom. The van der Waals surface area contributed by atoms with Gasteiger partial charge in [-0.25, -0.2) is 19.2 Å². The quantitative estimate of drug-likeness (QED) is 0.00378. The van der Waals surface area contributed by atoms with Crippen LogP contribution in [0.15, 0.2) is 290 Å². The summed E-state index contributed by atoms with van der Waals surface area (Å²) in [5.74, 6) is -3.02. The second kappa shape index (κ2) is 74.0. The molecule has 0 atom stereocenters. The van der Waals surface area contributed by atoms with Crippen LogP contribution < -0.4 is 29.6 Å². The Morgan fingerprint density at radius 2 is 0.757 bits per heavy atom. The number of amides is 1. The number of Topliss-reactive ketones (excluding diaryl/α,β-unsaturated/α-hetero) is 2. The van der Waals surface area contributed by atoms with Crippen molar-refractivity contribution in [2.75, 3.05) is 61.1 Å². The van der Waals surface area contributed by atoms with E-state index in [2.05, 4.69) is 179 Å². The number of azide groups is 1. The largest absolute Gasteiger partial charge is 1.00 e. The van der Waals surface area contributed by atoms with E-state index in [-0.39, 0.29) is 66.5 Å². The average Bonchev–Trinajstić information content (AvgIpc) is 1.72. The van der Waals surface area contributed by atoms with Crippen molar-refractivity contribution in [2.24, 2.45) is 5.11 Å². The van der Waals surface area contributed by atoms with E-state index in [1.807, 2.05) is 202 Å². The van der Waals surface area contributed by atoms with Crippen LogP contribution in [0.2, 0.25) is 0 Å². The summed E-state index contributed by atoms with van der Waals surface area (Å²) in [6.45, 7) is 26.1. The van der Waals surface area contributed by atoms with Crippen LogP contribution in [0.25, 0.3) is 50.7 Å². The molecule has 0 fully saturated rings. The number of ketones is 2. The van der Waals surface area contributed by atoms with E-state index in [1.54, 1.807) is 31.2 Å². The first kappa shape index (κ1) is 124. The third-order valence-corrected chi connectivity index (χ3v) is 21.0. The monoisotopic (exact) mass is 1960 g/mol. The Morgan fingerprint density at radius 1 is 0.436 bits per heavy atom. The van der Waals surface area contributed by atoms with Crippen molar-refractivity contribution in [1.82, 2.24) is 27.4 Å². The van der Waals surface area contributed by atoms with Crippen LogP contribution in [0.1, 0.15) is 147 Å². The molecule has 736 valence electrons. The fraction of sp³-hybridized carbons (Fsp3) is 0.264. The second-order valence-corrected chi connectivity index (χ2v) is 33.1. The summed E-state index contributed by atoms with van der Waals surface area (Å²) in [4.78, 5) is 111. The normalized spacial score (nSPS) is 10.1. The Hall–Kier alpha value is -14.2. The van der Waals surface area contributed by atoms with Crippen LogP contribution in [0.3, 0.4) is 0 Å². The predicted octanol–water partition coefficient (Wildman–Crippen LogP) is 19.1. The molecule has 0 aliphatic rings. The number of carboxylic acid groups (broad SMARTS) is 1. The van der Waals surface area contributed by atoms with Gasteiger partial charge in [-0.1, -0.05) is 182 Å². The smallest absolute Gasteiger partial charge is 0.478 e. The van der Waals surface area contributed by atoms with Crippen LogP contribution in [0, 0.1) is 41.5 Å². The molecule has 0 unspecified atom stereocenters. The van der Waals surface area contributed by atoms with Crippen molar-refractivity contribution < 1.29 is 120 Å². The summed E-state index contributed by atoms with van der Waals surface area (Å²) in [5, 5.41) is 19.8. The van der Waals surface area contributed by atoms with Crippen molar-refractivity contribution in [3.05, 3.63) is 408 Å². The molecule has 0 spiro atoms. The van der Waals surface area contributed by atoms with Gasteiger partial charge in [-0.05, 0) is 229 Å². The number of carbonyl (C=O) groups excluding carboxylic acids is 9. The summed E-state index contributed by atoms with van der Waals surface area (Å²) >= 11 is 0. The Kier molecular flexibility index (Phi) is 65.4. The zero-order chi connectivity index (χ0) is 103. The van der Waals surface area contributed by atoms with Crippen LogP contribution in [0.5, 0.6) is 0 Å². The van der Waals surface area contributed by atoms with Gasteiger partial charge in [0.05, 0.1) is 26.5 Å². The van der Waals surface area contributed by atoms with E-state index in [4.69, 9.17) is 26.8 Å². The Balaban J connectivity index is 0.000000795. The van der Waals surface area contributed by atoms with Crippen LogP contribution >= 0.6 is 16.2 Å². The molecule has 2 N–H and O–H groups in total. The molecule has 140 heavy (non-hydrogen) atoms. The molecule has 34 heteroatoms. The van der Waals surface area contributed by atoms with Gasteiger partial charge in [0.1, 0.15) is 24.0 Å². The second-order valence-electron chi connectivity index (χ2n) is 29.8. The number of esters is 3. The van der Waals surface area contributed by atoms with Crippen molar-refractivity contribution >= 4 is 101 Å². The molecule has 0 saturated carbocycles. The number of aliphatic hydroxyl groups excluding tert-OH is 1. The van der Waals surface area contributed by atoms with Gasteiger partial charge in [0.15, 0.2) is 6.29 Å². The molecule has 0 bridgehead atoms. The minimum absolute atomic E-state index is 0. The molecule has 12 rings (SSSR count). The first-order valence-electron chi connectivity index (χ1n) is 43.8. The van der Waals surface area contributed by atoms with Crippen LogP contribution in [-0.4, -0.2) is 159 Å². The zero-order valence-corrected chi connectivity index (χ0v) is 86.3. The molecule has 0 radical (unpaired) electrons. The summed E-state index contributed by atoms with van der Waals surface area (Å²) < 4.78 is 50.8. The number of nitrogens with zero attached hydrogens (tertiary/aromatic N) is 12. The Bertz CT molecular complexity index is 5930. The number of aromatic nitrogens is 6. The first-order valence-corrected chi connectivity index (χ1v) is 47.5. The summed E-state index contributed by atoms with van der Waals surface area (Å²) in [6.07, 6.45) is 16.1. The van der Waals surface area contributed by atoms with Gasteiger partial charge in [-0.15, -0.1) is 8.58 Å². The summed E-state index contributed by atoms with van der Waals surface area (Å²) in [7, 11) is 2.87. The van der Waals surface area contributed by atoms with Gasteiger partial charge < -0.3 is 91.1 Å². The van der Waals surface area contributed by atoms with E-state index >= 15 is 0 Å². The van der Waals surface area contributed by atoms with E-state index in [0.29, 0.717) is 32.2 Å². The third kappa shape index (κ3) is 52.9. The van der Waals surface area contributed by atoms with Gasteiger partial charge >= 0.3 is 67.2 Å². The van der Waals surface area contributed by atoms with Gasteiger partial charge in [-0.3, -0.25) is 23.9 Å². The molecule has 12 aromatic rings. The topological polar surface area (TPSA) is 421 Å². The number of aliphatic carboxylic acids is 1. The molecule has 6 aromatic carbocycles. The summed E-state index contributed by atoms with van der Waals surface area (Å²) in [5.41, 5.74) is 40.3. The fourth-order valence-corrected chi connectivity index (χ4v) is 12.9. The minimum atomic E-state index is -3.23. The number of methoxy groups -OCH3 is 2. The number of aldehydes is 2. The van der Waals surface area contributed by atoms with E-state index < -0.39 is 37.6 Å². The number of benzene rings is 6. The molecule has 6 aromatic heterocycles. The minimum Gasteiger partial charge on any atom is -0.478 e. The standard InChI is InChI=1S/C18H19NO4.C16H17NO2.C15H14N4O.C15H15NO2.C13H13NO.C12H13N.C5H11O5P.C5H10O2.C5H8O2.C2H7P.N3.Na/c1-3-22-18(21)23-17(20)12-11-16-10-9-14(2)19(16)13-15-7-5-4-6-8-15;1-13-8-9-15(10-11-16(18)19-2)17(13)12-14-6-4-3-5-7-14;1-12-7-8-14(9-10-15(20)17-18-16)19(12)11-13-5-3-2-4-6-13;1-12-7-8-14(9-10-15(17)18)16(12)11-13-5-3-2-4-6-13;1-11-7-8-13(10-15)14(11)9-12-5-3-2-4-6-12;1-11-6-5-9-13(11)10-12-7-3-2-4-8-12;1-8-5(6)4-11(7,9-2)10-3;2*1-5(7)3-2-4-6;2*1-3-2;/h4-12H,3,13H2,1-2H3;3-11H,12H2,1-2H3;2-10H,11H2,1H3;2-10H,11H2,1H3,(H,17,18);2-8,10H,9H2,1H3;2-9H,10H2,1H3;4H2,1-3H3;6H,2-4H2,1H3;4H,2-3H2,1H3;3H,1-2H3;;/q;;;;;;;;;;-1;+1/b12-11+;11-10+;2*10-9+;;;;;;;;. The van der Waals surface area contributed by atoms with Crippen LogP contribution in [0.4, 0.5) is 4.79 Å². The number of hydrogen-bond donors (Lipinski definition) is 2. The van der Waals surface area contributed by atoms with Crippen molar-refractivity contribution in [3.63, 3.8) is 0 Å². The molecule has 31 nitrogen and oxygen atoms in total. The van der Waals surface area contributed by atoms with Gasteiger partial charge in [0, 0.05) is 166 Å². The average molecular weight is 1960 g/mol. The molecule has 0 aliphatic carbocycles. The SMILES string of the molecule is CC(=O)CCC=O.CC(=O)CCCO.CCOC(=O)OC(=O)/C=C/c1ccc(C)n1Cc1ccccc1.COC(=O)/C=C/c1ccc(C)n1Cc1ccccc1.COC(=O)CP(=O)(OC)OC.CPC.Cc1ccc(/C=C/C(=O)N=[N+]=[N-])n1Cc1ccccc1.Cc1ccc(/C=C/C(=O)O)n1Cc1ccccc1.Cc1ccc(C=O)n1Cc1ccccc1.Cc1cccn1Cc1ccccc1.[N-]=[N+]=[N-].[Na+]. The molecular formula is C106H127N12NaO19P2. The zero-order valence-electron chi connectivity index (χ0n) is 82.4. The van der Waals surface area contributed by atoms with E-state index in [9.17, 15) is 52.5 Å². The first-order chi connectivity index (χ1) is 66.8. The van der Waals surface area contributed by atoms with Gasteiger partial charge in [0.25, 0.3) is 0 Å². The molecule has 0 aliphatic heterocycles. The molecule has 0 saturated heterocycles. The number of aliphatic hydroxyl groups is 1. The van der Waals surface area contributed by atoms with E-state index in [0.717, 1.165) is 122 Å². The number of carboxylic acids is 1. The van der Waals surface area contributed by atoms with Gasteiger partial charge in [-0.2, -0.15) is 0 Å². The maximum atomic E-state index is 11.6. The fourth-order valence-electron chi connectivity index (χ4n) is 12.0. The van der Waals surface area contributed by atoms with E-state index in [1.165, 1.54) is 98.9 Å². The number of rotatable bonds is 32. The maximum Gasteiger partial charge on any atom is 1.00 e. The van der Waals surface area contributed by atoms with Gasteiger partial charge in [0.2, 0.25) is 5.91 Å². The molecule has 6 heterocycles. The van der Waals surface area contributed by atoms with Crippen LogP contribution in [-0.2, 0) is 110 Å². The van der Waals surface area contributed by atoms with Crippen molar-refractivity contribution in [1.29, 1.82) is 0 Å². The predicted molar refractivity (Wildman–Crippen MR) is 548 cm³/mol. The number of hydrogen-bond acceptors (Lipinski definition) is 18.